The molecule has 1 aromatic heterocycles. The summed E-state index contributed by atoms with van der Waals surface area (Å²) in [5.41, 5.74) is 1.86. The fourth-order valence-electron chi connectivity index (χ4n) is 3.47. The van der Waals surface area contributed by atoms with E-state index in [2.05, 4.69) is 45.4 Å². The molecular weight excluding hydrogens is 576 g/mol. The number of benzene rings is 3. The second kappa shape index (κ2) is 11.1. The van der Waals surface area contributed by atoms with E-state index in [9.17, 15) is 14.0 Å². The number of hydrogen-bond donors (Lipinski definition) is 2. The van der Waals surface area contributed by atoms with Crippen molar-refractivity contribution < 1.29 is 14.0 Å². The topological polar surface area (TPSA) is 71.1 Å². The lowest BCUT2D eigenvalue weighted by Crippen LogP contribution is -2.56. The Kier molecular flexibility index (Phi) is 7.92. The minimum absolute atomic E-state index is 0.152. The van der Waals surface area contributed by atoms with Crippen LogP contribution in [-0.4, -0.2) is 26.8 Å². The van der Waals surface area contributed by atoms with E-state index in [0.717, 1.165) is 27.8 Å². The molecule has 1 atom stereocenters. The highest BCUT2D eigenvalue weighted by atomic mass is 127. The van der Waals surface area contributed by atoms with Gasteiger partial charge in [-0.1, -0.05) is 89.3 Å². The smallest absolute Gasteiger partial charge is 0.252 e. The van der Waals surface area contributed by atoms with Crippen molar-refractivity contribution in [1.82, 2.24) is 10.3 Å². The molecule has 0 saturated heterocycles. The second-order valence-corrected chi connectivity index (χ2v) is 10.0. The minimum Gasteiger partial charge on any atom is -0.337 e. The van der Waals surface area contributed by atoms with Gasteiger partial charge in [-0.3, -0.25) is 14.9 Å². The van der Waals surface area contributed by atoms with Crippen molar-refractivity contribution >= 4 is 50.9 Å². The molecule has 1 heterocycles. The van der Waals surface area contributed by atoms with Gasteiger partial charge in [0, 0.05) is 26.9 Å². The molecule has 0 bridgehead atoms. The van der Waals surface area contributed by atoms with Gasteiger partial charge in [0.25, 0.3) is 11.8 Å². The van der Waals surface area contributed by atoms with Crippen LogP contribution < -0.4 is 10.6 Å². The molecule has 0 radical (unpaired) electrons. The number of aromatic nitrogens is 1. The van der Waals surface area contributed by atoms with Gasteiger partial charge in [0.05, 0.1) is 5.69 Å². The van der Waals surface area contributed by atoms with Crippen LogP contribution in [0, 0.1) is 5.82 Å². The van der Waals surface area contributed by atoms with Gasteiger partial charge in [-0.05, 0) is 30.7 Å². The first-order chi connectivity index (χ1) is 16.9. The Balaban J connectivity index is 1.58. The van der Waals surface area contributed by atoms with Crippen molar-refractivity contribution in [2.45, 2.75) is 18.9 Å². The number of carbonyl (C=O) groups is 2. The van der Waals surface area contributed by atoms with Crippen LogP contribution in [0.4, 0.5) is 9.52 Å². The van der Waals surface area contributed by atoms with Crippen LogP contribution in [0.15, 0.2) is 84.9 Å². The molecular formula is C27H23FIN3O2S. The Morgan fingerprint density at radius 3 is 2.34 bits per heavy atom. The summed E-state index contributed by atoms with van der Waals surface area (Å²) in [7, 11) is 0. The van der Waals surface area contributed by atoms with Gasteiger partial charge in [-0.15, -0.1) is 11.3 Å². The van der Waals surface area contributed by atoms with Crippen LogP contribution in [0.5, 0.6) is 0 Å². The lowest BCUT2D eigenvalue weighted by Gasteiger charge is -2.27. The zero-order valence-electron chi connectivity index (χ0n) is 18.9. The third-order valence-electron chi connectivity index (χ3n) is 5.42. The molecule has 8 heteroatoms. The average molecular weight is 599 g/mol. The third-order valence-corrected chi connectivity index (χ3v) is 7.91. The molecule has 1 unspecified atom stereocenters. The van der Waals surface area contributed by atoms with Crippen LogP contribution >= 0.6 is 33.9 Å². The van der Waals surface area contributed by atoms with Crippen LogP contribution in [0.3, 0.4) is 0 Å². The van der Waals surface area contributed by atoms with Crippen LogP contribution in [0.1, 0.15) is 27.7 Å². The molecule has 0 spiro atoms. The number of amides is 2. The molecule has 35 heavy (non-hydrogen) atoms. The van der Waals surface area contributed by atoms with E-state index >= 15 is 0 Å². The normalized spacial score (nSPS) is 12.5. The molecule has 2 N–H and O–H groups in total. The van der Waals surface area contributed by atoms with Crippen LogP contribution in [-0.2, 0) is 11.2 Å². The Bertz CT molecular complexity index is 1330. The third kappa shape index (κ3) is 6.12. The van der Waals surface area contributed by atoms with E-state index in [1.165, 1.54) is 29.5 Å². The average Bonchev–Trinajstić information content (AvgIpc) is 3.26. The highest BCUT2D eigenvalue weighted by Gasteiger charge is 2.35. The van der Waals surface area contributed by atoms with Crippen molar-refractivity contribution in [3.05, 3.63) is 107 Å². The van der Waals surface area contributed by atoms with Gasteiger partial charge in [0.15, 0.2) is 5.13 Å². The van der Waals surface area contributed by atoms with E-state index < -0.39 is 23.2 Å². The first-order valence-electron chi connectivity index (χ1n) is 10.9. The zero-order valence-corrected chi connectivity index (χ0v) is 21.9. The number of hydrogen-bond acceptors (Lipinski definition) is 4. The van der Waals surface area contributed by atoms with Crippen molar-refractivity contribution in [3.63, 3.8) is 0 Å². The quantitative estimate of drug-likeness (QED) is 0.190. The van der Waals surface area contributed by atoms with E-state index in [4.69, 9.17) is 4.98 Å². The summed E-state index contributed by atoms with van der Waals surface area (Å²) in [5.74, 6) is -1.43. The molecule has 0 fully saturated rings. The largest absolute Gasteiger partial charge is 0.337 e. The molecule has 5 nitrogen and oxygen atoms in total. The Hall–Kier alpha value is -3.11. The maximum atomic E-state index is 13.6. The van der Waals surface area contributed by atoms with Gasteiger partial charge in [-0.2, -0.15) is 0 Å². The van der Waals surface area contributed by atoms with Crippen molar-refractivity contribution in [1.29, 1.82) is 0 Å². The molecule has 4 rings (SSSR count). The maximum Gasteiger partial charge on any atom is 0.252 e. The summed E-state index contributed by atoms with van der Waals surface area (Å²) in [6.07, 6.45) is 0.679. The monoisotopic (exact) mass is 599 g/mol. The fourth-order valence-corrected chi connectivity index (χ4v) is 5.02. The van der Waals surface area contributed by atoms with Gasteiger partial charge < -0.3 is 5.32 Å². The Morgan fingerprint density at radius 1 is 1.00 bits per heavy atom. The van der Waals surface area contributed by atoms with Crippen LogP contribution in [0.2, 0.25) is 0 Å². The highest BCUT2D eigenvalue weighted by molar-refractivity contribution is 14.1. The summed E-state index contributed by atoms with van der Waals surface area (Å²) in [6.45, 7) is 1.64. The predicted octanol–water partition coefficient (Wildman–Crippen LogP) is 6.10. The number of nitrogens with one attached hydrogen (secondary N) is 2. The summed E-state index contributed by atoms with van der Waals surface area (Å²) < 4.78 is 13.9. The molecule has 178 valence electrons. The standard InChI is InChI=1S/C27H23FIN3O2S/c1-27(17-29,32-24(33)20-13-8-14-21(28)16-20)25(34)31-26-30-23(19-11-6-3-7-12-19)22(35-26)15-18-9-4-2-5-10-18/h2-14,16H,15,17H2,1H3,(H,32,33)(H,30,31,34). The number of thiazole rings is 1. The van der Waals surface area contributed by atoms with E-state index in [0.29, 0.717) is 16.0 Å². The molecule has 0 aliphatic rings. The lowest BCUT2D eigenvalue weighted by atomic mass is 10.0. The SMILES string of the molecule is CC(CI)(NC(=O)c1cccc(F)c1)C(=O)Nc1nc(-c2ccccc2)c(Cc2ccccc2)s1. The Labute approximate surface area is 221 Å². The fraction of sp³-hybridized carbons (Fsp3) is 0.148. The number of rotatable bonds is 8. The summed E-state index contributed by atoms with van der Waals surface area (Å²) >= 11 is 3.47. The van der Waals surface area contributed by atoms with Gasteiger partial charge in [0.1, 0.15) is 11.4 Å². The maximum absolute atomic E-state index is 13.6. The van der Waals surface area contributed by atoms with E-state index in [1.807, 2.05) is 48.5 Å². The number of nitrogens with zero attached hydrogens (tertiary/aromatic N) is 1. The van der Waals surface area contributed by atoms with Gasteiger partial charge in [0.2, 0.25) is 0 Å². The Morgan fingerprint density at radius 2 is 1.69 bits per heavy atom. The van der Waals surface area contributed by atoms with Crippen LogP contribution in [0.25, 0.3) is 11.3 Å². The first-order valence-corrected chi connectivity index (χ1v) is 13.3. The number of anilines is 1. The second-order valence-electron chi connectivity index (χ2n) is 8.20. The summed E-state index contributed by atoms with van der Waals surface area (Å²) in [5, 5.41) is 6.10. The van der Waals surface area contributed by atoms with Gasteiger partial charge in [-0.25, -0.2) is 9.37 Å². The molecule has 0 saturated carbocycles. The van der Waals surface area contributed by atoms with Crippen molar-refractivity contribution in [3.8, 4) is 11.3 Å². The van der Waals surface area contributed by atoms with E-state index in [1.54, 1.807) is 6.92 Å². The number of halogens is 2. The lowest BCUT2D eigenvalue weighted by molar-refractivity contribution is -0.120. The molecule has 0 aliphatic carbocycles. The molecule has 3 aromatic carbocycles. The molecule has 0 aliphatic heterocycles. The van der Waals surface area contributed by atoms with Gasteiger partial charge >= 0.3 is 0 Å². The summed E-state index contributed by atoms with van der Waals surface area (Å²) in [6, 6.07) is 25.3. The zero-order chi connectivity index (χ0) is 24.8. The first kappa shape index (κ1) is 25.0. The predicted molar refractivity (Wildman–Crippen MR) is 147 cm³/mol. The summed E-state index contributed by atoms with van der Waals surface area (Å²) in [4.78, 5) is 31.7. The number of alkyl halides is 1. The number of carbonyl (C=O) groups excluding carboxylic acids is 2. The highest BCUT2D eigenvalue weighted by Crippen LogP contribution is 2.33. The van der Waals surface area contributed by atoms with Crippen molar-refractivity contribution in [2.75, 3.05) is 9.74 Å². The molecule has 2 amide bonds. The van der Waals surface area contributed by atoms with Crippen molar-refractivity contribution in [2.24, 2.45) is 0 Å². The molecule has 4 aromatic rings. The van der Waals surface area contributed by atoms with E-state index in [-0.39, 0.29) is 5.56 Å². The minimum atomic E-state index is -1.22.